The van der Waals surface area contributed by atoms with Gasteiger partial charge in [0, 0.05) is 16.8 Å². The standard InChI is InChI=1S/C18H13Cl2N5/c1-11-22-17(24-14-5-2-12(10-21)3-6-14)9-18(23-11)25-16-8-13(19)4-7-15(16)20/h2-9H,1H3,(H2,22,23,24,25). The number of hydrogen-bond acceptors (Lipinski definition) is 5. The lowest BCUT2D eigenvalue weighted by Gasteiger charge is -2.11. The molecule has 0 atom stereocenters. The van der Waals surface area contributed by atoms with E-state index in [0.29, 0.717) is 38.8 Å². The zero-order chi connectivity index (χ0) is 17.8. The molecule has 2 N–H and O–H groups in total. The zero-order valence-corrected chi connectivity index (χ0v) is 14.7. The van der Waals surface area contributed by atoms with Crippen molar-refractivity contribution in [2.75, 3.05) is 10.6 Å². The molecule has 1 heterocycles. The first-order valence-electron chi connectivity index (χ1n) is 7.38. The Morgan fingerprint density at radius 1 is 0.920 bits per heavy atom. The average molecular weight is 370 g/mol. The van der Waals surface area contributed by atoms with Crippen molar-refractivity contribution in [2.24, 2.45) is 0 Å². The minimum absolute atomic E-state index is 0.544. The predicted octanol–water partition coefficient (Wildman–Crippen LogP) is 5.45. The minimum Gasteiger partial charge on any atom is -0.340 e. The fraction of sp³-hybridized carbons (Fsp3) is 0.0556. The third-order valence-corrected chi connectivity index (χ3v) is 3.88. The van der Waals surface area contributed by atoms with Gasteiger partial charge in [-0.05, 0) is 49.4 Å². The highest BCUT2D eigenvalue weighted by atomic mass is 35.5. The molecule has 124 valence electrons. The van der Waals surface area contributed by atoms with Crippen molar-refractivity contribution in [1.82, 2.24) is 9.97 Å². The van der Waals surface area contributed by atoms with Crippen LogP contribution in [0.25, 0.3) is 0 Å². The van der Waals surface area contributed by atoms with E-state index in [1.165, 1.54) is 0 Å². The lowest BCUT2D eigenvalue weighted by Crippen LogP contribution is -2.01. The summed E-state index contributed by atoms with van der Waals surface area (Å²) in [5.74, 6) is 1.81. The number of aromatic nitrogens is 2. The maximum Gasteiger partial charge on any atom is 0.136 e. The number of hydrogen-bond donors (Lipinski definition) is 2. The molecule has 2 aromatic carbocycles. The molecule has 0 radical (unpaired) electrons. The van der Waals surface area contributed by atoms with Crippen LogP contribution >= 0.6 is 23.2 Å². The van der Waals surface area contributed by atoms with Gasteiger partial charge in [0.15, 0.2) is 0 Å². The van der Waals surface area contributed by atoms with Crippen LogP contribution in [-0.4, -0.2) is 9.97 Å². The Hall–Kier alpha value is -2.81. The highest BCUT2D eigenvalue weighted by Gasteiger charge is 2.06. The summed E-state index contributed by atoms with van der Waals surface area (Å²) in [6.07, 6.45) is 0. The highest BCUT2D eigenvalue weighted by molar-refractivity contribution is 6.35. The molecule has 0 saturated heterocycles. The molecule has 3 rings (SSSR count). The summed E-state index contributed by atoms with van der Waals surface area (Å²) in [5.41, 5.74) is 2.09. The molecular formula is C18H13Cl2N5. The van der Waals surface area contributed by atoms with Gasteiger partial charge < -0.3 is 10.6 Å². The summed E-state index contributed by atoms with van der Waals surface area (Å²) in [5, 5.41) is 16.3. The van der Waals surface area contributed by atoms with E-state index in [2.05, 4.69) is 26.7 Å². The molecular weight excluding hydrogens is 357 g/mol. The SMILES string of the molecule is Cc1nc(Nc2ccc(C#N)cc2)cc(Nc2cc(Cl)ccc2Cl)n1. The fourth-order valence-corrected chi connectivity index (χ4v) is 2.54. The van der Waals surface area contributed by atoms with E-state index in [0.717, 1.165) is 5.69 Å². The van der Waals surface area contributed by atoms with Crippen molar-refractivity contribution < 1.29 is 0 Å². The van der Waals surface area contributed by atoms with Crippen molar-refractivity contribution >= 4 is 46.2 Å². The lowest BCUT2D eigenvalue weighted by atomic mass is 10.2. The molecule has 0 saturated carbocycles. The maximum atomic E-state index is 8.85. The van der Waals surface area contributed by atoms with Crippen molar-refractivity contribution in [3.05, 3.63) is 70.0 Å². The Morgan fingerprint density at radius 2 is 1.60 bits per heavy atom. The van der Waals surface area contributed by atoms with Crippen molar-refractivity contribution in [2.45, 2.75) is 6.92 Å². The maximum absolute atomic E-state index is 8.85. The fourth-order valence-electron chi connectivity index (χ4n) is 2.20. The van der Waals surface area contributed by atoms with Crippen LogP contribution in [0.4, 0.5) is 23.0 Å². The van der Waals surface area contributed by atoms with Crippen LogP contribution in [0, 0.1) is 18.3 Å². The van der Waals surface area contributed by atoms with Gasteiger partial charge in [-0.3, -0.25) is 0 Å². The quantitative estimate of drug-likeness (QED) is 0.639. The second kappa shape index (κ2) is 7.39. The molecule has 0 unspecified atom stereocenters. The molecule has 0 aliphatic rings. The molecule has 0 aliphatic carbocycles. The average Bonchev–Trinajstić information content (AvgIpc) is 2.58. The number of benzene rings is 2. The number of anilines is 4. The first kappa shape index (κ1) is 17.0. The van der Waals surface area contributed by atoms with Crippen LogP contribution in [0.2, 0.25) is 10.0 Å². The number of rotatable bonds is 4. The first-order valence-corrected chi connectivity index (χ1v) is 8.14. The molecule has 5 nitrogen and oxygen atoms in total. The van der Waals surface area contributed by atoms with Gasteiger partial charge in [-0.2, -0.15) is 5.26 Å². The Bertz CT molecular complexity index is 949. The molecule has 0 aliphatic heterocycles. The van der Waals surface area contributed by atoms with E-state index < -0.39 is 0 Å². The van der Waals surface area contributed by atoms with E-state index in [-0.39, 0.29) is 0 Å². The Morgan fingerprint density at radius 3 is 2.28 bits per heavy atom. The van der Waals surface area contributed by atoms with E-state index in [1.54, 1.807) is 43.3 Å². The number of nitrogens with zero attached hydrogens (tertiary/aromatic N) is 3. The number of aryl methyl sites for hydroxylation is 1. The largest absolute Gasteiger partial charge is 0.340 e. The van der Waals surface area contributed by atoms with E-state index in [4.69, 9.17) is 28.5 Å². The number of nitriles is 1. The molecule has 0 amide bonds. The van der Waals surface area contributed by atoms with Gasteiger partial charge in [0.1, 0.15) is 17.5 Å². The van der Waals surface area contributed by atoms with Crippen molar-refractivity contribution in [3.63, 3.8) is 0 Å². The van der Waals surface area contributed by atoms with Crippen LogP contribution in [0.15, 0.2) is 48.5 Å². The lowest BCUT2D eigenvalue weighted by molar-refractivity contribution is 1.06. The highest BCUT2D eigenvalue weighted by Crippen LogP contribution is 2.28. The van der Waals surface area contributed by atoms with Crippen molar-refractivity contribution in [1.29, 1.82) is 5.26 Å². The molecule has 0 bridgehead atoms. The molecule has 3 aromatic rings. The minimum atomic E-state index is 0.544. The molecule has 0 fully saturated rings. The summed E-state index contributed by atoms with van der Waals surface area (Å²) in [6.45, 7) is 1.80. The summed E-state index contributed by atoms with van der Waals surface area (Å²) < 4.78 is 0. The van der Waals surface area contributed by atoms with Crippen LogP contribution in [0.1, 0.15) is 11.4 Å². The predicted molar refractivity (Wildman–Crippen MR) is 101 cm³/mol. The summed E-state index contributed by atoms with van der Waals surface area (Å²) >= 11 is 12.2. The van der Waals surface area contributed by atoms with Crippen LogP contribution in [-0.2, 0) is 0 Å². The second-order valence-electron chi connectivity index (χ2n) is 5.25. The van der Waals surface area contributed by atoms with Gasteiger partial charge in [0.05, 0.1) is 22.3 Å². The van der Waals surface area contributed by atoms with Crippen LogP contribution in [0.5, 0.6) is 0 Å². The summed E-state index contributed by atoms with van der Waals surface area (Å²) in [6, 6.07) is 16.1. The van der Waals surface area contributed by atoms with Crippen molar-refractivity contribution in [3.8, 4) is 6.07 Å². The molecule has 0 spiro atoms. The summed E-state index contributed by atoms with van der Waals surface area (Å²) in [7, 11) is 0. The van der Waals surface area contributed by atoms with Gasteiger partial charge >= 0.3 is 0 Å². The van der Waals surface area contributed by atoms with Gasteiger partial charge in [-0.1, -0.05) is 23.2 Å². The van der Waals surface area contributed by atoms with E-state index in [1.807, 2.05) is 12.1 Å². The molecule has 7 heteroatoms. The first-order chi connectivity index (χ1) is 12.0. The number of nitrogens with one attached hydrogen (secondary N) is 2. The number of halogens is 2. The monoisotopic (exact) mass is 369 g/mol. The third kappa shape index (κ3) is 4.38. The van der Waals surface area contributed by atoms with Gasteiger partial charge in [-0.15, -0.1) is 0 Å². The second-order valence-corrected chi connectivity index (χ2v) is 6.09. The Balaban J connectivity index is 1.84. The van der Waals surface area contributed by atoms with Crippen LogP contribution < -0.4 is 10.6 Å². The molecule has 25 heavy (non-hydrogen) atoms. The topological polar surface area (TPSA) is 73.6 Å². The van der Waals surface area contributed by atoms with E-state index in [9.17, 15) is 0 Å². The Kier molecular flexibility index (Phi) is 5.03. The van der Waals surface area contributed by atoms with Gasteiger partial charge in [-0.25, -0.2) is 9.97 Å². The van der Waals surface area contributed by atoms with E-state index >= 15 is 0 Å². The van der Waals surface area contributed by atoms with Crippen LogP contribution in [0.3, 0.4) is 0 Å². The Labute approximate surface area is 155 Å². The smallest absolute Gasteiger partial charge is 0.136 e. The zero-order valence-electron chi connectivity index (χ0n) is 13.2. The van der Waals surface area contributed by atoms with Gasteiger partial charge in [0.2, 0.25) is 0 Å². The molecule has 1 aromatic heterocycles. The normalized spacial score (nSPS) is 10.2. The summed E-state index contributed by atoms with van der Waals surface area (Å²) in [4.78, 5) is 8.73. The van der Waals surface area contributed by atoms with Gasteiger partial charge in [0.25, 0.3) is 0 Å². The third-order valence-electron chi connectivity index (χ3n) is 3.32.